The summed E-state index contributed by atoms with van der Waals surface area (Å²) in [4.78, 5) is 6.84. The van der Waals surface area contributed by atoms with E-state index < -0.39 is 0 Å². The quantitative estimate of drug-likeness (QED) is 0.842. The minimum Gasteiger partial charge on any atom is -0.444 e. The van der Waals surface area contributed by atoms with Gasteiger partial charge in [-0.3, -0.25) is 4.90 Å². The lowest BCUT2D eigenvalue weighted by Crippen LogP contribution is -2.49. The predicted octanol–water partition coefficient (Wildman–Crippen LogP) is 1.48. The van der Waals surface area contributed by atoms with E-state index in [0.29, 0.717) is 6.04 Å². The maximum atomic E-state index is 5.61. The van der Waals surface area contributed by atoms with Gasteiger partial charge in [-0.25, -0.2) is 4.98 Å². The van der Waals surface area contributed by atoms with Gasteiger partial charge < -0.3 is 9.73 Å². The summed E-state index contributed by atoms with van der Waals surface area (Å²) in [6.07, 6.45) is 1.18. The van der Waals surface area contributed by atoms with Crippen molar-refractivity contribution in [2.45, 2.75) is 39.8 Å². The Balaban J connectivity index is 1.93. The molecule has 2 heterocycles. The van der Waals surface area contributed by atoms with Crippen LogP contribution in [0.5, 0.6) is 0 Å². The number of rotatable bonds is 3. The maximum absolute atomic E-state index is 5.61. The van der Waals surface area contributed by atoms with Crippen molar-refractivity contribution >= 4 is 0 Å². The van der Waals surface area contributed by atoms with E-state index >= 15 is 0 Å². The van der Waals surface area contributed by atoms with Crippen molar-refractivity contribution in [3.05, 3.63) is 17.3 Å². The fourth-order valence-corrected chi connectivity index (χ4v) is 2.11. The molecule has 4 heteroatoms. The van der Waals surface area contributed by atoms with Gasteiger partial charge in [-0.05, 0) is 20.3 Å². The van der Waals surface area contributed by atoms with E-state index in [9.17, 15) is 0 Å². The fraction of sp³-hybridized carbons (Fsp3) is 0.750. The molecule has 16 heavy (non-hydrogen) atoms. The minimum absolute atomic E-state index is 0.617. The van der Waals surface area contributed by atoms with E-state index in [0.717, 1.165) is 43.5 Å². The van der Waals surface area contributed by atoms with Crippen molar-refractivity contribution in [3.8, 4) is 0 Å². The average Bonchev–Trinajstić information content (AvgIpc) is 2.58. The molecule has 0 amide bonds. The molecule has 1 saturated heterocycles. The monoisotopic (exact) mass is 223 g/mol. The summed E-state index contributed by atoms with van der Waals surface area (Å²) in [7, 11) is 0. The fourth-order valence-electron chi connectivity index (χ4n) is 2.11. The van der Waals surface area contributed by atoms with Gasteiger partial charge in [-0.2, -0.15) is 0 Å². The standard InChI is InChI=1S/C12H21N3O/c1-4-11-7-15(6-5-13-11)8-12-14-9(2)10(3)16-12/h11,13H,4-8H2,1-3H3. The third-order valence-corrected chi connectivity index (χ3v) is 3.26. The molecule has 2 rings (SSSR count). The molecular formula is C12H21N3O. The zero-order chi connectivity index (χ0) is 11.5. The molecule has 0 saturated carbocycles. The highest BCUT2D eigenvalue weighted by Gasteiger charge is 2.19. The van der Waals surface area contributed by atoms with Crippen molar-refractivity contribution in [2.24, 2.45) is 0 Å². The lowest BCUT2D eigenvalue weighted by molar-refractivity contribution is 0.174. The first kappa shape index (κ1) is 11.6. The normalized spacial score (nSPS) is 22.6. The van der Waals surface area contributed by atoms with Crippen molar-refractivity contribution in [2.75, 3.05) is 19.6 Å². The summed E-state index contributed by atoms with van der Waals surface area (Å²) >= 11 is 0. The molecule has 90 valence electrons. The number of hydrogen-bond acceptors (Lipinski definition) is 4. The van der Waals surface area contributed by atoms with Gasteiger partial charge in [0.15, 0.2) is 0 Å². The van der Waals surface area contributed by atoms with E-state index in [-0.39, 0.29) is 0 Å². The van der Waals surface area contributed by atoms with Crippen LogP contribution in [0.4, 0.5) is 0 Å². The smallest absolute Gasteiger partial charge is 0.208 e. The largest absolute Gasteiger partial charge is 0.444 e. The van der Waals surface area contributed by atoms with Gasteiger partial charge in [-0.1, -0.05) is 6.92 Å². The Bertz CT molecular complexity index is 329. The summed E-state index contributed by atoms with van der Waals surface area (Å²) in [6.45, 7) is 10.3. The number of nitrogens with one attached hydrogen (secondary N) is 1. The second kappa shape index (κ2) is 4.97. The van der Waals surface area contributed by atoms with Crippen molar-refractivity contribution in [1.82, 2.24) is 15.2 Å². The first-order valence-electron chi connectivity index (χ1n) is 6.07. The molecule has 1 aliphatic rings. The Hall–Kier alpha value is -0.870. The molecule has 0 spiro atoms. The average molecular weight is 223 g/mol. The summed E-state index contributed by atoms with van der Waals surface area (Å²) in [5.74, 6) is 1.80. The van der Waals surface area contributed by atoms with Gasteiger partial charge in [-0.15, -0.1) is 0 Å². The van der Waals surface area contributed by atoms with Crippen LogP contribution in [0.15, 0.2) is 4.42 Å². The summed E-state index contributed by atoms with van der Waals surface area (Å²) < 4.78 is 5.61. The van der Waals surface area contributed by atoms with Crippen molar-refractivity contribution < 1.29 is 4.42 Å². The second-order valence-electron chi connectivity index (χ2n) is 4.54. The third kappa shape index (κ3) is 2.62. The van der Waals surface area contributed by atoms with Crippen LogP contribution in [0, 0.1) is 13.8 Å². The highest BCUT2D eigenvalue weighted by molar-refractivity contribution is 5.05. The van der Waals surface area contributed by atoms with Gasteiger partial charge in [0.05, 0.1) is 12.2 Å². The lowest BCUT2D eigenvalue weighted by atomic mass is 10.1. The van der Waals surface area contributed by atoms with E-state index in [4.69, 9.17) is 4.42 Å². The van der Waals surface area contributed by atoms with E-state index in [2.05, 4.69) is 22.1 Å². The van der Waals surface area contributed by atoms with Crippen LogP contribution >= 0.6 is 0 Å². The van der Waals surface area contributed by atoms with E-state index in [1.165, 1.54) is 6.42 Å². The molecule has 1 aromatic rings. The molecule has 0 bridgehead atoms. The molecule has 0 aliphatic carbocycles. The van der Waals surface area contributed by atoms with Gasteiger partial charge >= 0.3 is 0 Å². The first-order valence-corrected chi connectivity index (χ1v) is 6.07. The van der Waals surface area contributed by atoms with E-state index in [1.54, 1.807) is 0 Å². The molecule has 1 aromatic heterocycles. The van der Waals surface area contributed by atoms with Crippen LogP contribution in [-0.2, 0) is 6.54 Å². The molecule has 1 fully saturated rings. The Kier molecular flexibility index (Phi) is 3.61. The van der Waals surface area contributed by atoms with E-state index in [1.807, 2.05) is 13.8 Å². The van der Waals surface area contributed by atoms with Gasteiger partial charge in [0.1, 0.15) is 5.76 Å². The first-order chi connectivity index (χ1) is 7.69. The van der Waals surface area contributed by atoms with Crippen LogP contribution < -0.4 is 5.32 Å². The Morgan fingerprint density at radius 1 is 1.50 bits per heavy atom. The van der Waals surface area contributed by atoms with Crippen LogP contribution in [0.1, 0.15) is 30.7 Å². The van der Waals surface area contributed by atoms with Crippen LogP contribution in [-0.4, -0.2) is 35.6 Å². The minimum atomic E-state index is 0.617. The van der Waals surface area contributed by atoms with Crippen LogP contribution in [0.25, 0.3) is 0 Å². The summed E-state index contributed by atoms with van der Waals surface area (Å²) in [5, 5.41) is 3.51. The number of nitrogens with zero attached hydrogens (tertiary/aromatic N) is 2. The third-order valence-electron chi connectivity index (χ3n) is 3.26. The number of oxazole rings is 1. The number of hydrogen-bond donors (Lipinski definition) is 1. The van der Waals surface area contributed by atoms with Gasteiger partial charge in [0.25, 0.3) is 0 Å². The van der Waals surface area contributed by atoms with Crippen LogP contribution in [0.3, 0.4) is 0 Å². The molecular weight excluding hydrogens is 202 g/mol. The zero-order valence-electron chi connectivity index (χ0n) is 10.4. The molecule has 0 radical (unpaired) electrons. The number of aromatic nitrogens is 1. The molecule has 1 aliphatic heterocycles. The van der Waals surface area contributed by atoms with Crippen LogP contribution in [0.2, 0.25) is 0 Å². The molecule has 0 aromatic carbocycles. The highest BCUT2D eigenvalue weighted by Crippen LogP contribution is 2.12. The van der Waals surface area contributed by atoms with Crippen molar-refractivity contribution in [1.29, 1.82) is 0 Å². The van der Waals surface area contributed by atoms with Crippen molar-refractivity contribution in [3.63, 3.8) is 0 Å². The van der Waals surface area contributed by atoms with Gasteiger partial charge in [0, 0.05) is 25.7 Å². The Morgan fingerprint density at radius 3 is 2.94 bits per heavy atom. The molecule has 1 unspecified atom stereocenters. The Morgan fingerprint density at radius 2 is 2.31 bits per heavy atom. The maximum Gasteiger partial charge on any atom is 0.208 e. The number of piperazine rings is 1. The highest BCUT2D eigenvalue weighted by atomic mass is 16.4. The Labute approximate surface area is 97.0 Å². The second-order valence-corrected chi connectivity index (χ2v) is 4.54. The molecule has 1 atom stereocenters. The summed E-state index contributed by atoms with van der Waals surface area (Å²) in [6, 6.07) is 0.617. The lowest BCUT2D eigenvalue weighted by Gasteiger charge is -2.32. The molecule has 1 N–H and O–H groups in total. The van der Waals surface area contributed by atoms with Gasteiger partial charge in [0.2, 0.25) is 5.89 Å². The zero-order valence-corrected chi connectivity index (χ0v) is 10.4. The SMILES string of the molecule is CCC1CN(Cc2nc(C)c(C)o2)CCN1. The topological polar surface area (TPSA) is 41.3 Å². The molecule has 4 nitrogen and oxygen atoms in total. The number of aryl methyl sites for hydroxylation is 2. The predicted molar refractivity (Wildman–Crippen MR) is 63.3 cm³/mol. The summed E-state index contributed by atoms with van der Waals surface area (Å²) in [5.41, 5.74) is 1.01.